The molecule has 0 spiro atoms. The van der Waals surface area contributed by atoms with Crippen molar-refractivity contribution in [2.75, 3.05) is 0 Å². The van der Waals surface area contributed by atoms with E-state index >= 15 is 0 Å². The van der Waals surface area contributed by atoms with Gasteiger partial charge in [-0.25, -0.2) is 4.79 Å². The fourth-order valence-corrected chi connectivity index (χ4v) is 3.75. The third-order valence-corrected chi connectivity index (χ3v) is 4.98. The zero-order valence-electron chi connectivity index (χ0n) is 15.9. The number of imidazole rings is 1. The van der Waals surface area contributed by atoms with Crippen molar-refractivity contribution in [3.05, 3.63) is 76.9 Å². The van der Waals surface area contributed by atoms with Crippen molar-refractivity contribution < 1.29 is 4.52 Å². The molecule has 29 heavy (non-hydrogen) atoms. The molecular formula is C22H17N5O2. The van der Waals surface area contributed by atoms with E-state index in [9.17, 15) is 4.79 Å². The SMILES string of the molecule is Cc1noc(C)c1-c1cc(-c2cccnc2-c2cccnc2)c2[nH]c(=O)[nH]c2c1. The molecule has 0 atom stereocenters. The second kappa shape index (κ2) is 6.56. The first kappa shape index (κ1) is 17.1. The molecule has 0 bridgehead atoms. The second-order valence-corrected chi connectivity index (χ2v) is 6.87. The van der Waals surface area contributed by atoms with Gasteiger partial charge in [-0.2, -0.15) is 0 Å². The minimum Gasteiger partial charge on any atom is -0.361 e. The summed E-state index contributed by atoms with van der Waals surface area (Å²) in [6.45, 7) is 3.78. The lowest BCUT2D eigenvalue weighted by atomic mass is 9.94. The molecule has 0 radical (unpaired) electrons. The van der Waals surface area contributed by atoms with Gasteiger partial charge >= 0.3 is 5.69 Å². The molecule has 0 aliphatic rings. The molecule has 5 aromatic rings. The first-order chi connectivity index (χ1) is 14.1. The fraction of sp³-hybridized carbons (Fsp3) is 0.0909. The van der Waals surface area contributed by atoms with Crippen LogP contribution in [0, 0.1) is 13.8 Å². The van der Waals surface area contributed by atoms with Crippen molar-refractivity contribution in [1.82, 2.24) is 25.1 Å². The van der Waals surface area contributed by atoms with Gasteiger partial charge in [-0.15, -0.1) is 0 Å². The Balaban J connectivity index is 1.84. The zero-order chi connectivity index (χ0) is 20.0. The van der Waals surface area contributed by atoms with Gasteiger partial charge < -0.3 is 14.5 Å². The van der Waals surface area contributed by atoms with E-state index in [0.717, 1.165) is 50.5 Å². The van der Waals surface area contributed by atoms with Crippen LogP contribution in [0.5, 0.6) is 0 Å². The van der Waals surface area contributed by atoms with Crippen LogP contribution in [0.25, 0.3) is 44.5 Å². The van der Waals surface area contributed by atoms with Crippen LogP contribution in [0.4, 0.5) is 0 Å². The Morgan fingerprint density at radius 1 is 0.966 bits per heavy atom. The Morgan fingerprint density at radius 2 is 1.83 bits per heavy atom. The first-order valence-electron chi connectivity index (χ1n) is 9.17. The zero-order valence-corrected chi connectivity index (χ0v) is 15.9. The van der Waals surface area contributed by atoms with Crippen LogP contribution < -0.4 is 5.69 Å². The third-order valence-electron chi connectivity index (χ3n) is 4.98. The number of H-pyrrole nitrogens is 2. The van der Waals surface area contributed by atoms with Crippen molar-refractivity contribution in [1.29, 1.82) is 0 Å². The van der Waals surface area contributed by atoms with Gasteiger partial charge in [0.15, 0.2) is 0 Å². The van der Waals surface area contributed by atoms with Crippen LogP contribution >= 0.6 is 0 Å². The molecule has 1 aromatic carbocycles. The van der Waals surface area contributed by atoms with E-state index in [-0.39, 0.29) is 5.69 Å². The fourth-order valence-electron chi connectivity index (χ4n) is 3.75. The van der Waals surface area contributed by atoms with Gasteiger partial charge in [0.05, 0.1) is 22.4 Å². The number of nitrogens with one attached hydrogen (secondary N) is 2. The first-order valence-corrected chi connectivity index (χ1v) is 9.17. The van der Waals surface area contributed by atoms with Gasteiger partial charge in [0.25, 0.3) is 0 Å². The third kappa shape index (κ3) is 2.84. The molecule has 142 valence electrons. The molecule has 4 aromatic heterocycles. The molecule has 0 aliphatic heterocycles. The lowest BCUT2D eigenvalue weighted by molar-refractivity contribution is 0.393. The van der Waals surface area contributed by atoms with Gasteiger partial charge in [0.1, 0.15) is 5.76 Å². The van der Waals surface area contributed by atoms with Crippen LogP contribution in [-0.4, -0.2) is 25.1 Å². The highest BCUT2D eigenvalue weighted by Crippen LogP contribution is 2.37. The maximum atomic E-state index is 12.1. The maximum absolute atomic E-state index is 12.1. The molecule has 0 aliphatic carbocycles. The summed E-state index contributed by atoms with van der Waals surface area (Å²) in [5, 5.41) is 4.07. The lowest BCUT2D eigenvalue weighted by Gasteiger charge is -2.12. The number of hydrogen-bond acceptors (Lipinski definition) is 5. The number of nitrogens with zero attached hydrogens (tertiary/aromatic N) is 3. The number of hydrogen-bond donors (Lipinski definition) is 2. The highest BCUT2D eigenvalue weighted by atomic mass is 16.5. The molecule has 7 heteroatoms. The van der Waals surface area contributed by atoms with Crippen LogP contribution in [-0.2, 0) is 0 Å². The topological polar surface area (TPSA) is 100 Å². The largest absolute Gasteiger partial charge is 0.361 e. The maximum Gasteiger partial charge on any atom is 0.323 e. The average molecular weight is 383 g/mol. The van der Waals surface area contributed by atoms with Crippen LogP contribution in [0.2, 0.25) is 0 Å². The Labute approximate surface area is 165 Å². The highest BCUT2D eigenvalue weighted by Gasteiger charge is 2.18. The van der Waals surface area contributed by atoms with Crippen molar-refractivity contribution in [2.45, 2.75) is 13.8 Å². The smallest absolute Gasteiger partial charge is 0.323 e. The minimum absolute atomic E-state index is 0.260. The summed E-state index contributed by atoms with van der Waals surface area (Å²) in [4.78, 5) is 26.7. The van der Waals surface area contributed by atoms with E-state index in [1.165, 1.54) is 0 Å². The lowest BCUT2D eigenvalue weighted by Crippen LogP contribution is -1.99. The van der Waals surface area contributed by atoms with E-state index in [4.69, 9.17) is 4.52 Å². The quantitative estimate of drug-likeness (QED) is 0.485. The van der Waals surface area contributed by atoms with Gasteiger partial charge in [0, 0.05) is 40.8 Å². The molecule has 2 N–H and O–H groups in total. The van der Waals surface area contributed by atoms with Crippen molar-refractivity contribution >= 4 is 11.0 Å². The summed E-state index contributed by atoms with van der Waals surface area (Å²) >= 11 is 0. The predicted octanol–water partition coefficient (Wildman–Crippen LogP) is 4.25. The van der Waals surface area contributed by atoms with E-state index in [1.54, 1.807) is 18.6 Å². The van der Waals surface area contributed by atoms with Gasteiger partial charge in [0.2, 0.25) is 0 Å². The summed E-state index contributed by atoms with van der Waals surface area (Å²) in [7, 11) is 0. The summed E-state index contributed by atoms with van der Waals surface area (Å²) in [5.74, 6) is 0.726. The molecular weight excluding hydrogens is 366 g/mol. The predicted molar refractivity (Wildman–Crippen MR) is 110 cm³/mol. The van der Waals surface area contributed by atoms with Crippen molar-refractivity contribution in [2.24, 2.45) is 0 Å². The summed E-state index contributed by atoms with van der Waals surface area (Å²) < 4.78 is 5.36. The monoisotopic (exact) mass is 383 g/mol. The molecule has 0 fully saturated rings. The summed E-state index contributed by atoms with van der Waals surface area (Å²) in [6, 6.07) is 11.7. The van der Waals surface area contributed by atoms with E-state index in [1.807, 2.05) is 50.2 Å². The summed E-state index contributed by atoms with van der Waals surface area (Å²) in [6.07, 6.45) is 5.26. The van der Waals surface area contributed by atoms with Crippen LogP contribution in [0.15, 0.2) is 64.3 Å². The number of pyridine rings is 2. The number of benzene rings is 1. The molecule has 0 unspecified atom stereocenters. The Kier molecular flexibility index (Phi) is 3.87. The Morgan fingerprint density at radius 3 is 2.59 bits per heavy atom. The van der Waals surface area contributed by atoms with Crippen LogP contribution in [0.3, 0.4) is 0 Å². The van der Waals surface area contributed by atoms with E-state index < -0.39 is 0 Å². The molecule has 0 saturated carbocycles. The van der Waals surface area contributed by atoms with Crippen molar-refractivity contribution in [3.63, 3.8) is 0 Å². The Bertz CT molecular complexity index is 1380. The number of fused-ring (bicyclic) bond motifs is 1. The Hall–Kier alpha value is -4.00. The molecule has 4 heterocycles. The highest BCUT2D eigenvalue weighted by molar-refractivity contribution is 5.99. The van der Waals surface area contributed by atoms with Gasteiger partial charge in [-0.3, -0.25) is 9.97 Å². The minimum atomic E-state index is -0.260. The molecule has 7 nitrogen and oxygen atoms in total. The molecule has 0 amide bonds. The number of aromatic amines is 2. The standard InChI is InChI=1S/C22H17N5O2/c1-12-19(13(2)29-27-12)15-9-17(21-18(10-15)25-22(28)26-21)16-6-4-8-24-20(16)14-5-3-7-23-11-14/h3-11H,1-2H3,(H2,25,26,28). The average Bonchev–Trinajstić information content (AvgIpc) is 3.28. The number of rotatable bonds is 3. The van der Waals surface area contributed by atoms with Crippen LogP contribution in [0.1, 0.15) is 11.5 Å². The normalized spacial score (nSPS) is 11.2. The van der Waals surface area contributed by atoms with E-state index in [0.29, 0.717) is 5.52 Å². The number of aromatic nitrogens is 5. The van der Waals surface area contributed by atoms with E-state index in [2.05, 4.69) is 25.1 Å². The van der Waals surface area contributed by atoms with Gasteiger partial charge in [-0.1, -0.05) is 11.2 Å². The number of aryl methyl sites for hydroxylation is 2. The molecule has 5 rings (SSSR count). The van der Waals surface area contributed by atoms with Crippen molar-refractivity contribution in [3.8, 4) is 33.5 Å². The van der Waals surface area contributed by atoms with Gasteiger partial charge in [-0.05, 0) is 49.7 Å². The summed E-state index contributed by atoms with van der Waals surface area (Å²) in [5.41, 5.74) is 7.26. The molecule has 0 saturated heterocycles. The second-order valence-electron chi connectivity index (χ2n) is 6.87.